The van der Waals surface area contributed by atoms with Crippen molar-refractivity contribution < 1.29 is 0 Å². The fraction of sp³-hybridized carbons (Fsp3) is 0.121. The molecule has 0 amide bonds. The van der Waals surface area contributed by atoms with E-state index in [0.717, 1.165) is 25.7 Å². The number of rotatable bonds is 0. The van der Waals surface area contributed by atoms with Crippen LogP contribution in [0.25, 0.3) is 22.3 Å². The van der Waals surface area contributed by atoms with Crippen molar-refractivity contribution in [3.05, 3.63) is 130 Å². The lowest BCUT2D eigenvalue weighted by Crippen LogP contribution is -2.25. The highest BCUT2D eigenvalue weighted by Crippen LogP contribution is 2.54. The molecular weight excluding hydrogens is 424 g/mol. The molecule has 2 aliphatic heterocycles. The predicted molar refractivity (Wildman–Crippen MR) is 141 cm³/mol. The minimum Gasteiger partial charge on any atom is -0.309 e. The molecule has 0 spiro atoms. The molecule has 0 bridgehead atoms. The second-order valence-electron chi connectivity index (χ2n) is 10.4. The van der Waals surface area contributed by atoms with Gasteiger partial charge in [-0.1, -0.05) is 54.6 Å². The number of benzene rings is 4. The molecule has 35 heavy (non-hydrogen) atoms. The minimum absolute atomic E-state index is 0.946. The third kappa shape index (κ3) is 2.27. The number of anilines is 3. The Bertz CT molecular complexity index is 1760. The third-order valence-corrected chi connectivity index (χ3v) is 8.56. The summed E-state index contributed by atoms with van der Waals surface area (Å²) in [5.74, 6) is 0. The van der Waals surface area contributed by atoms with Gasteiger partial charge in [0.15, 0.2) is 0 Å². The van der Waals surface area contributed by atoms with Gasteiger partial charge in [0.05, 0.1) is 11.4 Å². The van der Waals surface area contributed by atoms with Gasteiger partial charge in [0.1, 0.15) is 0 Å². The van der Waals surface area contributed by atoms with Gasteiger partial charge < -0.3 is 4.90 Å². The van der Waals surface area contributed by atoms with Gasteiger partial charge in [-0.15, -0.1) is 0 Å². The average molecular weight is 447 g/mol. The molecule has 0 fully saturated rings. The summed E-state index contributed by atoms with van der Waals surface area (Å²) in [7, 11) is 0. The van der Waals surface area contributed by atoms with Crippen LogP contribution in [0.1, 0.15) is 44.5 Å². The number of aromatic nitrogens is 1. The van der Waals surface area contributed by atoms with E-state index in [1.54, 1.807) is 0 Å². The first-order valence-electron chi connectivity index (χ1n) is 12.6. The van der Waals surface area contributed by atoms with Gasteiger partial charge in [0, 0.05) is 30.9 Å². The number of hydrogen-bond donors (Lipinski definition) is 0. The van der Waals surface area contributed by atoms with Crippen LogP contribution in [-0.2, 0) is 25.7 Å². The van der Waals surface area contributed by atoms with E-state index >= 15 is 0 Å². The monoisotopic (exact) mass is 446 g/mol. The van der Waals surface area contributed by atoms with E-state index in [2.05, 4.69) is 95.1 Å². The third-order valence-electron chi connectivity index (χ3n) is 8.56. The van der Waals surface area contributed by atoms with Crippen molar-refractivity contribution in [1.29, 1.82) is 0 Å². The van der Waals surface area contributed by atoms with E-state index in [-0.39, 0.29) is 0 Å². The Labute approximate surface area is 204 Å². The van der Waals surface area contributed by atoms with E-state index in [0.29, 0.717) is 0 Å². The van der Waals surface area contributed by atoms with Crippen LogP contribution >= 0.6 is 0 Å². The Kier molecular flexibility index (Phi) is 3.27. The van der Waals surface area contributed by atoms with Gasteiger partial charge >= 0.3 is 0 Å². The summed E-state index contributed by atoms with van der Waals surface area (Å²) in [5.41, 5.74) is 21.2. The molecule has 5 aromatic rings. The van der Waals surface area contributed by atoms with Gasteiger partial charge in [0.2, 0.25) is 0 Å². The molecular formula is C33H22N2. The molecule has 3 heterocycles. The summed E-state index contributed by atoms with van der Waals surface area (Å²) < 4.78 is 0. The lowest BCUT2D eigenvalue weighted by Gasteiger charge is -2.39. The smallest absolute Gasteiger partial charge is 0.0563 e. The van der Waals surface area contributed by atoms with E-state index in [1.807, 2.05) is 0 Å². The zero-order valence-corrected chi connectivity index (χ0v) is 19.3. The van der Waals surface area contributed by atoms with Crippen LogP contribution in [0.3, 0.4) is 0 Å². The van der Waals surface area contributed by atoms with Crippen LogP contribution in [0.2, 0.25) is 0 Å². The molecule has 4 aromatic carbocycles. The Balaban J connectivity index is 1.27. The van der Waals surface area contributed by atoms with Crippen LogP contribution < -0.4 is 4.90 Å². The largest absolute Gasteiger partial charge is 0.309 e. The predicted octanol–water partition coefficient (Wildman–Crippen LogP) is 7.50. The van der Waals surface area contributed by atoms with Crippen molar-refractivity contribution in [3.8, 4) is 22.3 Å². The Morgan fingerprint density at radius 1 is 0.514 bits per heavy atom. The molecule has 0 radical (unpaired) electrons. The minimum atomic E-state index is 0.946. The van der Waals surface area contributed by atoms with Crippen LogP contribution in [-0.4, -0.2) is 4.98 Å². The van der Waals surface area contributed by atoms with E-state index in [9.17, 15) is 0 Å². The Morgan fingerprint density at radius 2 is 1.29 bits per heavy atom. The number of para-hydroxylation sites is 1. The molecule has 2 nitrogen and oxygen atoms in total. The summed E-state index contributed by atoms with van der Waals surface area (Å²) >= 11 is 0. The van der Waals surface area contributed by atoms with Crippen LogP contribution in [0.15, 0.2) is 85.2 Å². The molecule has 9 rings (SSSR count). The highest BCUT2D eigenvalue weighted by atomic mass is 15.2. The fourth-order valence-corrected chi connectivity index (χ4v) is 7.10. The Hall–Kier alpha value is -4.17. The van der Waals surface area contributed by atoms with Crippen LogP contribution in [0.4, 0.5) is 17.1 Å². The summed E-state index contributed by atoms with van der Waals surface area (Å²) in [5, 5.41) is 0. The van der Waals surface area contributed by atoms with Crippen LogP contribution in [0.5, 0.6) is 0 Å². The van der Waals surface area contributed by atoms with Gasteiger partial charge in [-0.05, 0) is 97.8 Å². The second-order valence-corrected chi connectivity index (χ2v) is 10.4. The maximum Gasteiger partial charge on any atom is 0.0563 e. The summed E-state index contributed by atoms with van der Waals surface area (Å²) in [6.07, 6.45) is 8.12. The molecule has 0 saturated heterocycles. The van der Waals surface area contributed by atoms with Gasteiger partial charge in [0.25, 0.3) is 0 Å². The summed E-state index contributed by atoms with van der Waals surface area (Å²) in [6, 6.07) is 27.5. The number of hydrogen-bond acceptors (Lipinski definition) is 2. The normalized spacial score (nSPS) is 14.9. The zero-order chi connectivity index (χ0) is 22.7. The molecule has 164 valence electrons. The quantitative estimate of drug-likeness (QED) is 0.240. The molecule has 0 N–H and O–H groups in total. The second kappa shape index (κ2) is 6.28. The van der Waals surface area contributed by atoms with Crippen molar-refractivity contribution in [3.63, 3.8) is 0 Å². The van der Waals surface area contributed by atoms with Crippen molar-refractivity contribution in [1.82, 2.24) is 4.98 Å². The number of nitrogens with zero attached hydrogens (tertiary/aromatic N) is 2. The Morgan fingerprint density at radius 3 is 2.20 bits per heavy atom. The maximum absolute atomic E-state index is 4.63. The summed E-state index contributed by atoms with van der Waals surface area (Å²) in [6.45, 7) is 0. The molecule has 2 aliphatic carbocycles. The first-order chi connectivity index (χ1) is 17.3. The fourth-order valence-electron chi connectivity index (χ4n) is 7.10. The van der Waals surface area contributed by atoms with Crippen molar-refractivity contribution >= 4 is 17.1 Å². The van der Waals surface area contributed by atoms with Crippen molar-refractivity contribution in [2.75, 3.05) is 4.90 Å². The lowest BCUT2D eigenvalue weighted by atomic mass is 9.86. The van der Waals surface area contributed by atoms with Crippen molar-refractivity contribution in [2.45, 2.75) is 25.7 Å². The zero-order valence-electron chi connectivity index (χ0n) is 19.3. The molecule has 0 unspecified atom stereocenters. The lowest BCUT2D eigenvalue weighted by molar-refractivity contribution is 0.984. The number of fused-ring (bicyclic) bond motifs is 11. The molecule has 0 atom stereocenters. The number of pyridine rings is 1. The first-order valence-corrected chi connectivity index (χ1v) is 12.6. The molecule has 1 aromatic heterocycles. The van der Waals surface area contributed by atoms with Crippen LogP contribution in [0, 0.1) is 0 Å². The highest BCUT2D eigenvalue weighted by Gasteiger charge is 2.34. The first kappa shape index (κ1) is 18.2. The van der Waals surface area contributed by atoms with E-state index < -0.39 is 0 Å². The SMILES string of the molecule is c1ccc2c(c1)Cc1c-2ccc2c1-c1cc3c(cc1C2)N1c2ccccc2Cc2cncc(c21)C3. The topological polar surface area (TPSA) is 16.1 Å². The highest BCUT2D eigenvalue weighted by molar-refractivity contribution is 5.94. The van der Waals surface area contributed by atoms with E-state index in [1.165, 1.54) is 83.8 Å². The van der Waals surface area contributed by atoms with Gasteiger partial charge in [-0.25, -0.2) is 0 Å². The van der Waals surface area contributed by atoms with Gasteiger partial charge in [-0.2, -0.15) is 0 Å². The standard InChI is InChI=1S/C33H22N2/c1-3-7-26-19(5-1)14-29-27(26)10-9-21-12-22-16-31-23(15-28(22)32(21)29)13-25-18-34-17-24-11-20-6-2-4-8-30(20)35(31)33(24)25/h1-10,15-18H,11-14H2. The average Bonchev–Trinajstić information content (AvgIpc) is 3.45. The molecule has 2 heteroatoms. The van der Waals surface area contributed by atoms with E-state index in [4.69, 9.17) is 0 Å². The maximum atomic E-state index is 4.63. The molecule has 0 saturated carbocycles. The van der Waals surface area contributed by atoms with Crippen molar-refractivity contribution in [2.24, 2.45) is 0 Å². The van der Waals surface area contributed by atoms with Gasteiger partial charge in [-0.3, -0.25) is 4.98 Å². The summed E-state index contributed by atoms with van der Waals surface area (Å²) in [4.78, 5) is 7.16. The molecule has 4 aliphatic rings.